The number of hydrogen-bond acceptors (Lipinski definition) is 3. The smallest absolute Gasteiger partial charge is 0.310 e. The van der Waals surface area contributed by atoms with Crippen molar-refractivity contribution < 1.29 is 18.7 Å². The van der Waals surface area contributed by atoms with Crippen LogP contribution in [-0.2, 0) is 20.7 Å². The van der Waals surface area contributed by atoms with Crippen LogP contribution in [0.25, 0.3) is 0 Å². The average Bonchev–Trinajstić information content (AvgIpc) is 2.51. The number of carbonyl (C=O) groups is 2. The Labute approximate surface area is 136 Å². The summed E-state index contributed by atoms with van der Waals surface area (Å²) >= 11 is 0. The van der Waals surface area contributed by atoms with Gasteiger partial charge < -0.3 is 9.64 Å². The number of amides is 1. The Balaban J connectivity index is 2.77. The molecule has 0 aliphatic carbocycles. The molecule has 0 spiro atoms. The second kappa shape index (κ2) is 9.08. The van der Waals surface area contributed by atoms with Gasteiger partial charge in [-0.05, 0) is 38.0 Å². The van der Waals surface area contributed by atoms with Gasteiger partial charge >= 0.3 is 5.97 Å². The van der Waals surface area contributed by atoms with Gasteiger partial charge in [-0.25, -0.2) is 4.39 Å². The van der Waals surface area contributed by atoms with E-state index in [2.05, 4.69) is 0 Å². The molecule has 126 valence electrons. The summed E-state index contributed by atoms with van der Waals surface area (Å²) in [7, 11) is 1.33. The molecular weight excluding hydrogens is 297 g/mol. The maximum atomic E-state index is 12.9. The van der Waals surface area contributed by atoms with E-state index < -0.39 is 5.92 Å². The van der Waals surface area contributed by atoms with Crippen LogP contribution in [0.15, 0.2) is 35.9 Å². The third kappa shape index (κ3) is 6.63. The maximum absolute atomic E-state index is 12.9. The van der Waals surface area contributed by atoms with E-state index in [0.717, 1.165) is 11.1 Å². The van der Waals surface area contributed by atoms with Crippen LogP contribution < -0.4 is 0 Å². The molecule has 0 aliphatic heterocycles. The summed E-state index contributed by atoms with van der Waals surface area (Å²) in [5.41, 5.74) is 1.83. The van der Waals surface area contributed by atoms with Gasteiger partial charge in [-0.2, -0.15) is 0 Å². The summed E-state index contributed by atoms with van der Waals surface area (Å²) in [4.78, 5) is 25.5. The van der Waals surface area contributed by atoms with Crippen molar-refractivity contribution in [2.24, 2.45) is 5.92 Å². The van der Waals surface area contributed by atoms with Gasteiger partial charge in [0.05, 0.1) is 13.0 Å². The molecule has 0 saturated heterocycles. The SMILES string of the molecule is COC(=O)C(C)CN(CCc1ccc(F)cc1)C(=O)C=C(C)C. The summed E-state index contributed by atoms with van der Waals surface area (Å²) in [6.07, 6.45) is 2.14. The van der Waals surface area contributed by atoms with E-state index in [-0.39, 0.29) is 24.2 Å². The first kappa shape index (κ1) is 18.9. The lowest BCUT2D eigenvalue weighted by Gasteiger charge is -2.24. The van der Waals surface area contributed by atoms with Crippen molar-refractivity contribution in [1.29, 1.82) is 0 Å². The average molecular weight is 321 g/mol. The van der Waals surface area contributed by atoms with E-state index in [1.807, 2.05) is 13.8 Å². The Bertz CT molecular complexity index is 562. The summed E-state index contributed by atoms with van der Waals surface area (Å²) in [5.74, 6) is -1.17. The summed E-state index contributed by atoms with van der Waals surface area (Å²) in [6.45, 7) is 6.16. The van der Waals surface area contributed by atoms with Gasteiger partial charge in [-0.1, -0.05) is 24.6 Å². The van der Waals surface area contributed by atoms with Gasteiger partial charge in [0.25, 0.3) is 0 Å². The first-order valence-electron chi connectivity index (χ1n) is 7.59. The predicted molar refractivity (Wildman–Crippen MR) is 87.3 cm³/mol. The van der Waals surface area contributed by atoms with Crippen molar-refractivity contribution in [2.75, 3.05) is 20.2 Å². The molecule has 4 nitrogen and oxygen atoms in total. The summed E-state index contributed by atoms with van der Waals surface area (Å²) in [5, 5.41) is 0. The topological polar surface area (TPSA) is 46.6 Å². The Morgan fingerprint density at radius 2 is 1.87 bits per heavy atom. The Hall–Kier alpha value is -2.17. The molecule has 1 rings (SSSR count). The number of ether oxygens (including phenoxy) is 1. The van der Waals surface area contributed by atoms with E-state index in [4.69, 9.17) is 4.74 Å². The Morgan fingerprint density at radius 1 is 1.26 bits per heavy atom. The Morgan fingerprint density at radius 3 is 2.39 bits per heavy atom. The van der Waals surface area contributed by atoms with Crippen molar-refractivity contribution >= 4 is 11.9 Å². The second-order valence-electron chi connectivity index (χ2n) is 5.81. The predicted octanol–water partition coefficient (Wildman–Crippen LogP) is 2.97. The largest absolute Gasteiger partial charge is 0.469 e. The van der Waals surface area contributed by atoms with Crippen molar-refractivity contribution in [3.05, 3.63) is 47.3 Å². The monoisotopic (exact) mass is 321 g/mol. The van der Waals surface area contributed by atoms with E-state index in [1.54, 1.807) is 30.0 Å². The van der Waals surface area contributed by atoms with Crippen molar-refractivity contribution in [1.82, 2.24) is 4.90 Å². The highest BCUT2D eigenvalue weighted by molar-refractivity contribution is 5.88. The van der Waals surface area contributed by atoms with Crippen LogP contribution in [0.2, 0.25) is 0 Å². The fourth-order valence-electron chi connectivity index (χ4n) is 2.15. The number of nitrogens with zero attached hydrogens (tertiary/aromatic N) is 1. The fourth-order valence-corrected chi connectivity index (χ4v) is 2.15. The molecule has 0 N–H and O–H groups in total. The van der Waals surface area contributed by atoms with E-state index in [0.29, 0.717) is 13.0 Å². The number of allylic oxidation sites excluding steroid dienone is 1. The third-order valence-electron chi connectivity index (χ3n) is 3.41. The summed E-state index contributed by atoms with van der Waals surface area (Å²) < 4.78 is 17.6. The standard InChI is InChI=1S/C18H24FNO3/c1-13(2)11-17(21)20(12-14(3)18(22)23-4)10-9-15-5-7-16(19)8-6-15/h5-8,11,14H,9-10,12H2,1-4H3. The number of esters is 1. The molecule has 0 aromatic heterocycles. The van der Waals surface area contributed by atoms with Crippen LogP contribution >= 0.6 is 0 Å². The molecule has 23 heavy (non-hydrogen) atoms. The highest BCUT2D eigenvalue weighted by atomic mass is 19.1. The van der Waals surface area contributed by atoms with Crippen LogP contribution in [0, 0.1) is 11.7 Å². The van der Waals surface area contributed by atoms with Gasteiger partial charge in [0, 0.05) is 19.2 Å². The number of hydrogen-bond donors (Lipinski definition) is 0. The number of benzene rings is 1. The van der Waals surface area contributed by atoms with Crippen molar-refractivity contribution in [3.8, 4) is 0 Å². The normalized spacial score (nSPS) is 11.5. The van der Waals surface area contributed by atoms with Gasteiger partial charge in [0.2, 0.25) is 5.91 Å². The van der Waals surface area contributed by atoms with Crippen LogP contribution in [0.3, 0.4) is 0 Å². The highest BCUT2D eigenvalue weighted by Gasteiger charge is 2.20. The zero-order valence-corrected chi connectivity index (χ0v) is 14.1. The lowest BCUT2D eigenvalue weighted by Crippen LogP contribution is -2.37. The number of rotatable bonds is 7. The molecule has 0 fully saturated rings. The van der Waals surface area contributed by atoms with Gasteiger partial charge in [0.1, 0.15) is 5.82 Å². The fraction of sp³-hybridized carbons (Fsp3) is 0.444. The van der Waals surface area contributed by atoms with Crippen LogP contribution in [0.5, 0.6) is 0 Å². The molecule has 1 aromatic carbocycles. The van der Waals surface area contributed by atoms with Gasteiger partial charge in [0.15, 0.2) is 0 Å². The molecule has 0 saturated carbocycles. The molecular formula is C18H24FNO3. The molecule has 5 heteroatoms. The van der Waals surface area contributed by atoms with Gasteiger partial charge in [-0.3, -0.25) is 9.59 Å². The number of carbonyl (C=O) groups excluding carboxylic acids is 2. The molecule has 1 atom stereocenters. The zero-order chi connectivity index (χ0) is 17.4. The molecule has 1 unspecified atom stereocenters. The minimum Gasteiger partial charge on any atom is -0.469 e. The quantitative estimate of drug-likeness (QED) is 0.573. The molecule has 1 aromatic rings. The molecule has 1 amide bonds. The first-order valence-corrected chi connectivity index (χ1v) is 7.59. The first-order chi connectivity index (χ1) is 10.8. The summed E-state index contributed by atoms with van der Waals surface area (Å²) in [6, 6.07) is 6.19. The molecule has 0 heterocycles. The van der Waals surface area contributed by atoms with E-state index in [1.165, 1.54) is 19.2 Å². The number of halogens is 1. The van der Waals surface area contributed by atoms with E-state index >= 15 is 0 Å². The second-order valence-corrected chi connectivity index (χ2v) is 5.81. The molecule has 0 aliphatic rings. The molecule has 0 bridgehead atoms. The molecule has 0 radical (unpaired) electrons. The highest BCUT2D eigenvalue weighted by Crippen LogP contribution is 2.09. The van der Waals surface area contributed by atoms with Crippen molar-refractivity contribution in [2.45, 2.75) is 27.2 Å². The van der Waals surface area contributed by atoms with Gasteiger partial charge in [-0.15, -0.1) is 0 Å². The Kier molecular flexibility index (Phi) is 7.45. The lowest BCUT2D eigenvalue weighted by molar-refractivity contribution is -0.146. The lowest BCUT2D eigenvalue weighted by atomic mass is 10.1. The van der Waals surface area contributed by atoms with Crippen LogP contribution in [-0.4, -0.2) is 37.0 Å². The minimum absolute atomic E-state index is 0.136. The third-order valence-corrected chi connectivity index (χ3v) is 3.41. The number of methoxy groups -OCH3 is 1. The van der Waals surface area contributed by atoms with Crippen LogP contribution in [0.1, 0.15) is 26.3 Å². The zero-order valence-electron chi connectivity index (χ0n) is 14.1. The van der Waals surface area contributed by atoms with Crippen molar-refractivity contribution in [3.63, 3.8) is 0 Å². The maximum Gasteiger partial charge on any atom is 0.310 e. The van der Waals surface area contributed by atoms with E-state index in [9.17, 15) is 14.0 Å². The van der Waals surface area contributed by atoms with Crippen LogP contribution in [0.4, 0.5) is 4.39 Å². The minimum atomic E-state index is -0.400.